The fraction of sp³-hybridized carbons (Fsp3) is 0.800. The lowest BCUT2D eigenvalue weighted by Gasteiger charge is -2.22. The minimum atomic E-state index is -4.39. The monoisotopic (exact) mass is 184 g/mol. The molecule has 70 valence electrons. The number of hydrogen-bond acceptors (Lipinski definition) is 5. The van der Waals surface area contributed by atoms with Crippen molar-refractivity contribution >= 4 is 5.97 Å². The Morgan fingerprint density at radius 2 is 2.00 bits per heavy atom. The number of rotatable bonds is 1. The lowest BCUT2D eigenvalue weighted by molar-refractivity contribution is -0.284. The topological polar surface area (TPSA) is 87.0 Å². The molecule has 12 heavy (non-hydrogen) atoms. The van der Waals surface area contributed by atoms with Crippen LogP contribution in [0.25, 0.3) is 0 Å². The van der Waals surface area contributed by atoms with Gasteiger partial charge in [0.15, 0.2) is 6.10 Å². The van der Waals surface area contributed by atoms with Crippen molar-refractivity contribution < 1.29 is 33.6 Å². The molecule has 0 aromatic heterocycles. The molecule has 1 aliphatic rings. The van der Waals surface area contributed by atoms with E-state index in [9.17, 15) is 13.6 Å². The molecule has 0 aliphatic carbocycles. The minimum absolute atomic E-state index is 1.08. The molecule has 0 aromatic rings. The number of ether oxygens (including phenoxy) is 1. The van der Waals surface area contributed by atoms with E-state index < -0.39 is 30.4 Å². The molecule has 0 bridgehead atoms. The SMILES string of the molecule is O=C1O[C@@H](CO)C(O)(O)C1(F)F. The number of esters is 1. The summed E-state index contributed by atoms with van der Waals surface area (Å²) in [7, 11) is 0. The summed E-state index contributed by atoms with van der Waals surface area (Å²) in [5.74, 6) is -10.1. The summed E-state index contributed by atoms with van der Waals surface area (Å²) in [6, 6.07) is 0. The molecule has 7 heteroatoms. The largest absolute Gasteiger partial charge is 0.449 e. The third kappa shape index (κ3) is 0.904. The quantitative estimate of drug-likeness (QED) is 0.331. The van der Waals surface area contributed by atoms with E-state index in [0.717, 1.165) is 0 Å². The van der Waals surface area contributed by atoms with Gasteiger partial charge in [-0.2, -0.15) is 8.78 Å². The van der Waals surface area contributed by atoms with Crippen LogP contribution in [0.2, 0.25) is 0 Å². The number of halogens is 2. The predicted octanol–water partition coefficient (Wildman–Crippen LogP) is -1.78. The van der Waals surface area contributed by atoms with E-state index in [0.29, 0.717) is 0 Å². The van der Waals surface area contributed by atoms with Crippen molar-refractivity contribution in [3.05, 3.63) is 0 Å². The lowest BCUT2D eigenvalue weighted by atomic mass is 10.1. The average molecular weight is 184 g/mol. The Bertz CT molecular complexity index is 214. The number of aliphatic hydroxyl groups is 3. The van der Waals surface area contributed by atoms with Gasteiger partial charge in [0, 0.05) is 0 Å². The molecule has 0 unspecified atom stereocenters. The van der Waals surface area contributed by atoms with E-state index in [-0.39, 0.29) is 0 Å². The van der Waals surface area contributed by atoms with Gasteiger partial charge in [0.2, 0.25) is 0 Å². The van der Waals surface area contributed by atoms with E-state index in [1.165, 1.54) is 0 Å². The van der Waals surface area contributed by atoms with Gasteiger partial charge in [-0.1, -0.05) is 0 Å². The second-order valence-electron chi connectivity index (χ2n) is 2.38. The molecular weight excluding hydrogens is 178 g/mol. The standard InChI is InChI=1S/C5H6F2O5/c6-4(7)3(9)12-2(1-8)5(4,10)11/h2,8,10-11H,1H2/t2-/m0/s1. The maximum atomic E-state index is 12.5. The summed E-state index contributed by atoms with van der Waals surface area (Å²) in [6.07, 6.45) is -2.00. The smallest absolute Gasteiger partial charge is 0.398 e. The van der Waals surface area contributed by atoms with Gasteiger partial charge in [-0.3, -0.25) is 0 Å². The van der Waals surface area contributed by atoms with Crippen LogP contribution >= 0.6 is 0 Å². The van der Waals surface area contributed by atoms with Gasteiger partial charge in [0.1, 0.15) is 0 Å². The highest BCUT2D eigenvalue weighted by atomic mass is 19.3. The molecule has 1 aliphatic heterocycles. The highest BCUT2D eigenvalue weighted by Crippen LogP contribution is 2.38. The summed E-state index contributed by atoms with van der Waals surface area (Å²) >= 11 is 0. The number of aliphatic hydroxyl groups excluding tert-OH is 1. The van der Waals surface area contributed by atoms with Gasteiger partial charge in [-0.05, 0) is 0 Å². The molecule has 0 radical (unpaired) electrons. The van der Waals surface area contributed by atoms with Crippen molar-refractivity contribution in [3.8, 4) is 0 Å². The second-order valence-corrected chi connectivity index (χ2v) is 2.38. The minimum Gasteiger partial charge on any atom is -0.449 e. The van der Waals surface area contributed by atoms with Crippen LogP contribution in [-0.4, -0.2) is 45.7 Å². The summed E-state index contributed by atoms with van der Waals surface area (Å²) in [5, 5.41) is 25.6. The van der Waals surface area contributed by atoms with Gasteiger partial charge in [0.05, 0.1) is 6.61 Å². The summed E-state index contributed by atoms with van der Waals surface area (Å²) in [5.41, 5.74) is 0. The van der Waals surface area contributed by atoms with Crippen molar-refractivity contribution in [2.45, 2.75) is 17.8 Å². The lowest BCUT2D eigenvalue weighted by Crippen LogP contribution is -2.53. The molecule has 5 nitrogen and oxygen atoms in total. The predicted molar refractivity (Wildman–Crippen MR) is 29.1 cm³/mol. The Kier molecular flexibility index (Phi) is 1.82. The Morgan fingerprint density at radius 1 is 1.50 bits per heavy atom. The van der Waals surface area contributed by atoms with Crippen LogP contribution in [0, 0.1) is 0 Å². The first-order valence-corrected chi connectivity index (χ1v) is 2.98. The number of carbonyl (C=O) groups excluding carboxylic acids is 1. The van der Waals surface area contributed by atoms with Crippen molar-refractivity contribution in [2.75, 3.05) is 6.61 Å². The third-order valence-corrected chi connectivity index (χ3v) is 1.58. The van der Waals surface area contributed by atoms with Gasteiger partial charge in [-0.25, -0.2) is 4.79 Å². The number of cyclic esters (lactones) is 1. The van der Waals surface area contributed by atoms with Crippen molar-refractivity contribution in [2.24, 2.45) is 0 Å². The average Bonchev–Trinajstić information content (AvgIpc) is 2.10. The van der Waals surface area contributed by atoms with Gasteiger partial charge >= 0.3 is 11.9 Å². The Morgan fingerprint density at radius 3 is 2.17 bits per heavy atom. The Hall–Kier alpha value is -0.790. The first-order valence-electron chi connectivity index (χ1n) is 2.98. The van der Waals surface area contributed by atoms with Crippen LogP contribution in [0.15, 0.2) is 0 Å². The highest BCUT2D eigenvalue weighted by molar-refractivity contribution is 5.81. The van der Waals surface area contributed by atoms with Crippen LogP contribution in [0.4, 0.5) is 8.78 Å². The number of carbonyl (C=O) groups is 1. The van der Waals surface area contributed by atoms with Crippen LogP contribution in [0.1, 0.15) is 0 Å². The van der Waals surface area contributed by atoms with Gasteiger partial charge in [0.25, 0.3) is 5.79 Å². The normalized spacial score (nSPS) is 31.8. The molecule has 0 saturated carbocycles. The van der Waals surface area contributed by atoms with Crippen LogP contribution in [-0.2, 0) is 9.53 Å². The molecule has 1 heterocycles. The molecule has 1 atom stereocenters. The van der Waals surface area contributed by atoms with Crippen molar-refractivity contribution in [3.63, 3.8) is 0 Å². The van der Waals surface area contributed by atoms with Crippen LogP contribution < -0.4 is 0 Å². The molecule has 0 spiro atoms. The summed E-state index contributed by atoms with van der Waals surface area (Å²) < 4.78 is 28.7. The maximum absolute atomic E-state index is 12.5. The second kappa shape index (κ2) is 2.35. The molecular formula is C5H6F2O5. The van der Waals surface area contributed by atoms with Gasteiger partial charge in [-0.15, -0.1) is 0 Å². The van der Waals surface area contributed by atoms with E-state index >= 15 is 0 Å². The molecule has 0 aromatic carbocycles. The number of hydrogen-bond donors (Lipinski definition) is 3. The first kappa shape index (κ1) is 9.30. The Balaban J connectivity index is 3.00. The third-order valence-electron chi connectivity index (χ3n) is 1.58. The zero-order chi connectivity index (χ0) is 9.57. The van der Waals surface area contributed by atoms with Crippen molar-refractivity contribution in [1.29, 1.82) is 0 Å². The zero-order valence-electron chi connectivity index (χ0n) is 5.70. The Labute approximate surface area is 65.2 Å². The molecule has 1 saturated heterocycles. The molecule has 0 amide bonds. The van der Waals surface area contributed by atoms with E-state index in [1.54, 1.807) is 0 Å². The van der Waals surface area contributed by atoms with Crippen LogP contribution in [0.5, 0.6) is 0 Å². The van der Waals surface area contributed by atoms with E-state index in [4.69, 9.17) is 15.3 Å². The fourth-order valence-corrected chi connectivity index (χ4v) is 0.802. The van der Waals surface area contributed by atoms with E-state index in [2.05, 4.69) is 4.74 Å². The zero-order valence-corrected chi connectivity index (χ0v) is 5.70. The highest BCUT2D eigenvalue weighted by Gasteiger charge is 2.70. The van der Waals surface area contributed by atoms with Crippen LogP contribution in [0.3, 0.4) is 0 Å². The molecule has 1 fully saturated rings. The van der Waals surface area contributed by atoms with Gasteiger partial charge < -0.3 is 20.1 Å². The van der Waals surface area contributed by atoms with Crippen molar-refractivity contribution in [1.82, 2.24) is 0 Å². The molecule has 1 rings (SSSR count). The maximum Gasteiger partial charge on any atom is 0.398 e. The fourth-order valence-electron chi connectivity index (χ4n) is 0.802. The summed E-state index contributed by atoms with van der Waals surface area (Å²) in [4.78, 5) is 10.3. The van der Waals surface area contributed by atoms with E-state index in [1.807, 2.05) is 0 Å². The summed E-state index contributed by atoms with van der Waals surface area (Å²) in [6.45, 7) is -1.08. The number of alkyl halides is 2. The molecule has 3 N–H and O–H groups in total. The first-order chi connectivity index (χ1) is 5.34.